The van der Waals surface area contributed by atoms with Crippen molar-refractivity contribution in [2.45, 2.75) is 20.4 Å². The van der Waals surface area contributed by atoms with Gasteiger partial charge in [-0.05, 0) is 56.3 Å². The number of amides is 1. The maximum absolute atomic E-state index is 12.2. The fourth-order valence-corrected chi connectivity index (χ4v) is 2.61. The Morgan fingerprint density at radius 1 is 1.08 bits per heavy atom. The summed E-state index contributed by atoms with van der Waals surface area (Å²) in [7, 11) is 1.60. The van der Waals surface area contributed by atoms with Gasteiger partial charge < -0.3 is 14.8 Å². The molecule has 3 aromatic rings. The van der Waals surface area contributed by atoms with Crippen LogP contribution in [0.5, 0.6) is 17.2 Å². The number of nitrogens with one attached hydrogen (secondary N) is 1. The van der Waals surface area contributed by atoms with Crippen molar-refractivity contribution >= 4 is 11.6 Å². The van der Waals surface area contributed by atoms with Gasteiger partial charge in [-0.1, -0.05) is 12.1 Å². The van der Waals surface area contributed by atoms with E-state index in [2.05, 4.69) is 10.4 Å². The molecule has 1 aromatic heterocycles. The largest absolute Gasteiger partial charge is 0.493 e. The minimum Gasteiger partial charge on any atom is -0.493 e. The van der Waals surface area contributed by atoms with Crippen LogP contribution in [0.25, 0.3) is 0 Å². The first-order valence-electron chi connectivity index (χ1n) is 8.27. The SMILES string of the molecule is COc1ccccc1Oc1ccc(NC(=O)Cn2nc(C)cc2C)cc1. The predicted octanol–water partition coefficient (Wildman–Crippen LogP) is 3.94. The van der Waals surface area contributed by atoms with E-state index < -0.39 is 0 Å². The summed E-state index contributed by atoms with van der Waals surface area (Å²) in [6.07, 6.45) is 0. The van der Waals surface area contributed by atoms with Gasteiger partial charge in [0.05, 0.1) is 12.8 Å². The van der Waals surface area contributed by atoms with Gasteiger partial charge >= 0.3 is 0 Å². The van der Waals surface area contributed by atoms with Gasteiger partial charge in [0.1, 0.15) is 12.3 Å². The Morgan fingerprint density at radius 2 is 1.77 bits per heavy atom. The molecule has 3 rings (SSSR count). The summed E-state index contributed by atoms with van der Waals surface area (Å²) in [5.41, 5.74) is 2.55. The summed E-state index contributed by atoms with van der Waals surface area (Å²) in [5.74, 6) is 1.83. The second-order valence-corrected chi connectivity index (χ2v) is 5.91. The average Bonchev–Trinajstić information content (AvgIpc) is 2.94. The molecule has 1 heterocycles. The number of nitrogens with zero attached hydrogens (tertiary/aromatic N) is 2. The van der Waals surface area contributed by atoms with E-state index in [9.17, 15) is 4.79 Å². The van der Waals surface area contributed by atoms with Gasteiger partial charge in [0.2, 0.25) is 5.91 Å². The molecule has 0 saturated heterocycles. The molecule has 6 heteroatoms. The van der Waals surface area contributed by atoms with E-state index in [-0.39, 0.29) is 12.5 Å². The van der Waals surface area contributed by atoms with Crippen LogP contribution in [0.15, 0.2) is 54.6 Å². The fraction of sp³-hybridized carbons (Fsp3) is 0.200. The van der Waals surface area contributed by atoms with E-state index in [0.717, 1.165) is 11.4 Å². The van der Waals surface area contributed by atoms with Crippen molar-refractivity contribution in [1.29, 1.82) is 0 Å². The van der Waals surface area contributed by atoms with Gasteiger partial charge in [-0.15, -0.1) is 0 Å². The Hall–Kier alpha value is -3.28. The van der Waals surface area contributed by atoms with Crippen LogP contribution in [0.2, 0.25) is 0 Å². The number of carbonyl (C=O) groups excluding carboxylic acids is 1. The second kappa shape index (κ2) is 7.74. The molecule has 0 fully saturated rings. The number of rotatable bonds is 6. The zero-order valence-corrected chi connectivity index (χ0v) is 15.0. The zero-order chi connectivity index (χ0) is 18.5. The monoisotopic (exact) mass is 351 g/mol. The van der Waals surface area contributed by atoms with Crippen molar-refractivity contribution < 1.29 is 14.3 Å². The number of hydrogen-bond acceptors (Lipinski definition) is 4. The van der Waals surface area contributed by atoms with E-state index in [0.29, 0.717) is 22.9 Å². The number of benzene rings is 2. The highest BCUT2D eigenvalue weighted by molar-refractivity contribution is 5.90. The van der Waals surface area contributed by atoms with Crippen molar-refractivity contribution in [2.75, 3.05) is 12.4 Å². The van der Waals surface area contributed by atoms with Crippen LogP contribution in [-0.4, -0.2) is 22.8 Å². The van der Waals surface area contributed by atoms with E-state index in [1.54, 1.807) is 36.1 Å². The molecule has 26 heavy (non-hydrogen) atoms. The van der Waals surface area contributed by atoms with Gasteiger partial charge in [-0.3, -0.25) is 9.48 Å². The van der Waals surface area contributed by atoms with Crippen molar-refractivity contribution in [3.8, 4) is 17.2 Å². The standard InChI is InChI=1S/C20H21N3O3/c1-14-12-15(2)23(22-14)13-20(24)21-16-8-10-17(11-9-16)26-19-7-5-4-6-18(19)25-3/h4-12H,13H2,1-3H3,(H,21,24). The normalized spacial score (nSPS) is 10.4. The van der Waals surface area contributed by atoms with E-state index in [1.165, 1.54) is 0 Å². The Kier molecular flexibility index (Phi) is 5.22. The number of methoxy groups -OCH3 is 1. The summed E-state index contributed by atoms with van der Waals surface area (Å²) in [6.45, 7) is 4.01. The van der Waals surface area contributed by atoms with E-state index in [1.807, 2.05) is 44.2 Å². The summed E-state index contributed by atoms with van der Waals surface area (Å²) >= 11 is 0. The van der Waals surface area contributed by atoms with Gasteiger partial charge in [-0.25, -0.2) is 0 Å². The molecule has 0 bridgehead atoms. The molecule has 6 nitrogen and oxygen atoms in total. The van der Waals surface area contributed by atoms with Crippen LogP contribution < -0.4 is 14.8 Å². The molecule has 0 saturated carbocycles. The van der Waals surface area contributed by atoms with Gasteiger partial charge in [0.25, 0.3) is 0 Å². The Balaban J connectivity index is 1.62. The Morgan fingerprint density at radius 3 is 2.38 bits per heavy atom. The first-order chi connectivity index (χ1) is 12.5. The first-order valence-corrected chi connectivity index (χ1v) is 8.27. The lowest BCUT2D eigenvalue weighted by Gasteiger charge is -2.11. The zero-order valence-electron chi connectivity index (χ0n) is 15.0. The number of hydrogen-bond donors (Lipinski definition) is 1. The predicted molar refractivity (Wildman–Crippen MR) is 99.8 cm³/mol. The molecule has 0 unspecified atom stereocenters. The highest BCUT2D eigenvalue weighted by atomic mass is 16.5. The highest BCUT2D eigenvalue weighted by Gasteiger charge is 2.08. The van der Waals surface area contributed by atoms with E-state index >= 15 is 0 Å². The third kappa shape index (κ3) is 4.22. The summed E-state index contributed by atoms with van der Waals surface area (Å²) < 4.78 is 12.8. The maximum atomic E-state index is 12.2. The molecule has 134 valence electrons. The molecule has 0 aliphatic heterocycles. The fourth-order valence-electron chi connectivity index (χ4n) is 2.61. The lowest BCUT2D eigenvalue weighted by molar-refractivity contribution is -0.116. The molecule has 0 atom stereocenters. The average molecular weight is 351 g/mol. The van der Waals surface area contributed by atoms with Gasteiger partial charge in [0, 0.05) is 11.4 Å². The van der Waals surface area contributed by atoms with Crippen molar-refractivity contribution in [2.24, 2.45) is 0 Å². The lowest BCUT2D eigenvalue weighted by atomic mass is 10.3. The molecule has 0 radical (unpaired) electrons. The number of aryl methyl sites for hydroxylation is 2. The van der Waals surface area contributed by atoms with Crippen molar-refractivity contribution in [3.05, 3.63) is 66.0 Å². The molecule has 0 aliphatic rings. The van der Waals surface area contributed by atoms with Crippen LogP contribution in [0.4, 0.5) is 5.69 Å². The number of aromatic nitrogens is 2. The first kappa shape index (κ1) is 17.5. The van der Waals surface area contributed by atoms with Gasteiger partial charge in [0.15, 0.2) is 11.5 Å². The van der Waals surface area contributed by atoms with Crippen LogP contribution in [0, 0.1) is 13.8 Å². The Bertz CT molecular complexity index is 901. The molecular weight excluding hydrogens is 330 g/mol. The van der Waals surface area contributed by atoms with Gasteiger partial charge in [-0.2, -0.15) is 5.10 Å². The third-order valence-corrected chi connectivity index (χ3v) is 3.83. The lowest BCUT2D eigenvalue weighted by Crippen LogP contribution is -2.20. The third-order valence-electron chi connectivity index (χ3n) is 3.83. The number of carbonyl (C=O) groups is 1. The molecular formula is C20H21N3O3. The Labute approximate surface area is 152 Å². The van der Waals surface area contributed by atoms with E-state index in [4.69, 9.17) is 9.47 Å². The summed E-state index contributed by atoms with van der Waals surface area (Å²) in [6, 6.07) is 16.6. The quantitative estimate of drug-likeness (QED) is 0.730. The summed E-state index contributed by atoms with van der Waals surface area (Å²) in [4.78, 5) is 12.2. The maximum Gasteiger partial charge on any atom is 0.246 e. The van der Waals surface area contributed by atoms with Crippen molar-refractivity contribution in [1.82, 2.24) is 9.78 Å². The van der Waals surface area contributed by atoms with Crippen LogP contribution in [-0.2, 0) is 11.3 Å². The smallest absolute Gasteiger partial charge is 0.246 e. The molecule has 0 spiro atoms. The highest BCUT2D eigenvalue weighted by Crippen LogP contribution is 2.31. The minimum atomic E-state index is -0.130. The topological polar surface area (TPSA) is 65.4 Å². The second-order valence-electron chi connectivity index (χ2n) is 5.91. The van der Waals surface area contributed by atoms with Crippen LogP contribution >= 0.6 is 0 Å². The van der Waals surface area contributed by atoms with Crippen LogP contribution in [0.3, 0.4) is 0 Å². The molecule has 0 aliphatic carbocycles. The number of ether oxygens (including phenoxy) is 2. The molecule has 1 N–H and O–H groups in total. The molecule has 1 amide bonds. The summed E-state index contributed by atoms with van der Waals surface area (Å²) in [5, 5.41) is 7.15. The van der Waals surface area contributed by atoms with Crippen molar-refractivity contribution in [3.63, 3.8) is 0 Å². The number of anilines is 1. The minimum absolute atomic E-state index is 0.130. The molecule has 2 aromatic carbocycles. The van der Waals surface area contributed by atoms with Crippen LogP contribution in [0.1, 0.15) is 11.4 Å². The number of para-hydroxylation sites is 2.